The first-order valence-corrected chi connectivity index (χ1v) is 10.2. The number of amidine groups is 1. The molecule has 1 unspecified atom stereocenters. The molecule has 1 amide bonds. The molecule has 31 heavy (non-hydrogen) atoms. The van der Waals surface area contributed by atoms with E-state index >= 15 is 0 Å². The second-order valence-corrected chi connectivity index (χ2v) is 7.99. The number of nitrogens with zero attached hydrogens (tertiary/aromatic N) is 3. The van der Waals surface area contributed by atoms with Gasteiger partial charge in [0.15, 0.2) is 5.17 Å². The third kappa shape index (κ3) is 5.61. The Morgan fingerprint density at radius 1 is 1.23 bits per heavy atom. The van der Waals surface area contributed by atoms with Gasteiger partial charge in [0.25, 0.3) is 0 Å². The molecule has 0 aliphatic carbocycles. The molecular formula is C22H19F4N3OS. The fourth-order valence-electron chi connectivity index (χ4n) is 2.97. The maximum atomic E-state index is 13.1. The Morgan fingerprint density at radius 2 is 1.94 bits per heavy atom. The van der Waals surface area contributed by atoms with E-state index < -0.39 is 17.0 Å². The standard InChI is InChI=1S/C22H19F4N3OS/c1-3-11-29-20(30)19(13-15-5-4-6-17(12-15)22(24,25)26)31-21(29)28-27-14(2)16-7-9-18(23)10-8-16/h3-10,12,19H,1,11,13H2,2H3/b27-14+,28-21-. The zero-order valence-electron chi connectivity index (χ0n) is 16.6. The van der Waals surface area contributed by atoms with Gasteiger partial charge in [-0.1, -0.05) is 48.2 Å². The second kappa shape index (κ2) is 9.47. The Bertz CT molecular complexity index is 1030. The third-order valence-corrected chi connectivity index (χ3v) is 5.72. The Balaban J connectivity index is 1.82. The molecule has 1 aliphatic heterocycles. The van der Waals surface area contributed by atoms with Crippen molar-refractivity contribution in [3.63, 3.8) is 0 Å². The van der Waals surface area contributed by atoms with Crippen LogP contribution in [0.3, 0.4) is 0 Å². The van der Waals surface area contributed by atoms with Crippen molar-refractivity contribution in [2.45, 2.75) is 24.8 Å². The van der Waals surface area contributed by atoms with Crippen LogP contribution in [0, 0.1) is 5.82 Å². The Hall–Kier alpha value is -2.94. The Labute approximate surface area is 181 Å². The highest BCUT2D eigenvalue weighted by molar-refractivity contribution is 8.15. The van der Waals surface area contributed by atoms with Crippen LogP contribution in [-0.2, 0) is 17.4 Å². The van der Waals surface area contributed by atoms with Crippen LogP contribution in [0.4, 0.5) is 17.6 Å². The lowest BCUT2D eigenvalue weighted by Crippen LogP contribution is -2.32. The van der Waals surface area contributed by atoms with Gasteiger partial charge in [-0.25, -0.2) is 4.39 Å². The summed E-state index contributed by atoms with van der Waals surface area (Å²) >= 11 is 1.14. The van der Waals surface area contributed by atoms with E-state index in [1.54, 1.807) is 25.1 Å². The van der Waals surface area contributed by atoms with Crippen LogP contribution < -0.4 is 0 Å². The van der Waals surface area contributed by atoms with Crippen LogP contribution in [0.5, 0.6) is 0 Å². The summed E-state index contributed by atoms with van der Waals surface area (Å²) in [7, 11) is 0. The quantitative estimate of drug-likeness (QED) is 0.260. The average molecular weight is 449 g/mol. The molecule has 1 heterocycles. The zero-order chi connectivity index (χ0) is 22.6. The van der Waals surface area contributed by atoms with E-state index in [4.69, 9.17) is 0 Å². The Morgan fingerprint density at radius 3 is 2.58 bits per heavy atom. The van der Waals surface area contributed by atoms with Crippen molar-refractivity contribution < 1.29 is 22.4 Å². The molecule has 2 aromatic carbocycles. The third-order valence-electron chi connectivity index (χ3n) is 4.55. The number of amides is 1. The molecule has 0 saturated carbocycles. The smallest absolute Gasteiger partial charge is 0.285 e. The molecule has 4 nitrogen and oxygen atoms in total. The van der Waals surface area contributed by atoms with Gasteiger partial charge in [-0.2, -0.15) is 18.3 Å². The fraction of sp³-hybridized carbons (Fsp3) is 0.227. The molecule has 0 bridgehead atoms. The number of hydrogen-bond donors (Lipinski definition) is 0. The summed E-state index contributed by atoms with van der Waals surface area (Å²) in [6, 6.07) is 10.7. The number of carbonyl (C=O) groups is 1. The minimum atomic E-state index is -4.45. The number of hydrogen-bond acceptors (Lipinski definition) is 4. The van der Waals surface area contributed by atoms with E-state index in [1.165, 1.54) is 29.2 Å². The molecule has 1 atom stereocenters. The van der Waals surface area contributed by atoms with Gasteiger partial charge < -0.3 is 0 Å². The topological polar surface area (TPSA) is 45.0 Å². The summed E-state index contributed by atoms with van der Waals surface area (Å²) in [6.45, 7) is 5.55. The SMILES string of the molecule is C=CCN1C(=O)C(Cc2cccc(C(F)(F)F)c2)S/C1=N\N=C(/C)c1ccc(F)cc1. The molecule has 0 N–H and O–H groups in total. The summed E-state index contributed by atoms with van der Waals surface area (Å²) in [4.78, 5) is 14.2. The van der Waals surface area contributed by atoms with Crippen LogP contribution in [0.2, 0.25) is 0 Å². The van der Waals surface area contributed by atoms with Crippen molar-refractivity contribution >= 4 is 28.5 Å². The van der Waals surface area contributed by atoms with Crippen LogP contribution in [0.1, 0.15) is 23.6 Å². The van der Waals surface area contributed by atoms with Crippen LogP contribution in [-0.4, -0.2) is 33.5 Å². The van der Waals surface area contributed by atoms with Gasteiger partial charge in [0.2, 0.25) is 5.91 Å². The molecule has 0 aromatic heterocycles. The maximum absolute atomic E-state index is 13.1. The summed E-state index contributed by atoms with van der Waals surface area (Å²) in [5, 5.41) is 8.03. The molecule has 9 heteroatoms. The molecule has 3 rings (SSSR count). The van der Waals surface area contributed by atoms with Crippen molar-refractivity contribution in [3.05, 3.63) is 83.7 Å². The molecule has 1 fully saturated rings. The van der Waals surface area contributed by atoms with Gasteiger partial charge in [0.05, 0.1) is 16.5 Å². The molecule has 162 valence electrons. The van der Waals surface area contributed by atoms with Gasteiger partial charge in [-0.15, -0.1) is 11.7 Å². The number of rotatable bonds is 6. The normalized spacial score (nSPS) is 18.7. The highest BCUT2D eigenvalue weighted by Crippen LogP contribution is 2.33. The van der Waals surface area contributed by atoms with E-state index in [9.17, 15) is 22.4 Å². The molecule has 0 spiro atoms. The van der Waals surface area contributed by atoms with Crippen molar-refractivity contribution in [1.29, 1.82) is 0 Å². The van der Waals surface area contributed by atoms with Crippen molar-refractivity contribution in [2.24, 2.45) is 10.2 Å². The minimum absolute atomic E-state index is 0.126. The lowest BCUT2D eigenvalue weighted by Gasteiger charge is -2.13. The zero-order valence-corrected chi connectivity index (χ0v) is 17.4. The lowest BCUT2D eigenvalue weighted by atomic mass is 10.1. The summed E-state index contributed by atoms with van der Waals surface area (Å²) in [5.74, 6) is -0.634. The first kappa shape index (κ1) is 22.7. The number of alkyl halides is 3. The van der Waals surface area contributed by atoms with E-state index in [2.05, 4.69) is 16.8 Å². The van der Waals surface area contributed by atoms with Gasteiger partial charge in [-0.3, -0.25) is 9.69 Å². The minimum Gasteiger partial charge on any atom is -0.285 e. The highest BCUT2D eigenvalue weighted by atomic mass is 32.2. The second-order valence-electron chi connectivity index (χ2n) is 6.82. The number of halogens is 4. The predicted molar refractivity (Wildman–Crippen MR) is 114 cm³/mol. The summed E-state index contributed by atoms with van der Waals surface area (Å²) in [5.41, 5.74) is 0.861. The van der Waals surface area contributed by atoms with Crippen molar-refractivity contribution in [1.82, 2.24) is 4.90 Å². The summed E-state index contributed by atoms with van der Waals surface area (Å²) < 4.78 is 52.0. The van der Waals surface area contributed by atoms with E-state index in [-0.39, 0.29) is 24.7 Å². The molecular weight excluding hydrogens is 430 g/mol. The number of benzene rings is 2. The average Bonchev–Trinajstić information content (AvgIpc) is 3.01. The Kier molecular flexibility index (Phi) is 6.94. The van der Waals surface area contributed by atoms with E-state index in [1.807, 2.05) is 0 Å². The lowest BCUT2D eigenvalue weighted by molar-refractivity contribution is -0.137. The van der Waals surface area contributed by atoms with Crippen LogP contribution >= 0.6 is 11.8 Å². The summed E-state index contributed by atoms with van der Waals surface area (Å²) in [6.07, 6.45) is -2.78. The number of thioether (sulfide) groups is 1. The van der Waals surface area contributed by atoms with Gasteiger partial charge >= 0.3 is 6.18 Å². The number of carbonyl (C=O) groups excluding carboxylic acids is 1. The molecule has 0 radical (unpaired) electrons. The van der Waals surface area contributed by atoms with Crippen LogP contribution in [0.25, 0.3) is 0 Å². The van der Waals surface area contributed by atoms with Crippen molar-refractivity contribution in [3.8, 4) is 0 Å². The van der Waals surface area contributed by atoms with Crippen molar-refractivity contribution in [2.75, 3.05) is 6.54 Å². The fourth-order valence-corrected chi connectivity index (χ4v) is 4.11. The largest absolute Gasteiger partial charge is 0.416 e. The van der Waals surface area contributed by atoms with Gasteiger partial charge in [0.1, 0.15) is 5.82 Å². The first-order chi connectivity index (χ1) is 14.7. The van der Waals surface area contributed by atoms with Crippen LogP contribution in [0.15, 0.2) is 71.4 Å². The van der Waals surface area contributed by atoms with Gasteiger partial charge in [-0.05, 0) is 42.7 Å². The van der Waals surface area contributed by atoms with Gasteiger partial charge in [0, 0.05) is 6.54 Å². The first-order valence-electron chi connectivity index (χ1n) is 9.32. The van der Waals surface area contributed by atoms with E-state index in [0.29, 0.717) is 22.0 Å². The predicted octanol–water partition coefficient (Wildman–Crippen LogP) is 5.30. The molecule has 1 aliphatic rings. The molecule has 2 aromatic rings. The highest BCUT2D eigenvalue weighted by Gasteiger charge is 2.38. The molecule has 1 saturated heterocycles. The maximum Gasteiger partial charge on any atom is 0.416 e. The van der Waals surface area contributed by atoms with E-state index in [0.717, 1.165) is 23.9 Å². The monoisotopic (exact) mass is 449 g/mol.